The van der Waals surface area contributed by atoms with Crippen LogP contribution < -0.4 is 0 Å². The summed E-state index contributed by atoms with van der Waals surface area (Å²) in [5.74, 6) is -0.287. The second-order valence-electron chi connectivity index (χ2n) is 3.23. The minimum Gasteiger partial charge on any atom is -0.466 e. The van der Waals surface area contributed by atoms with E-state index < -0.39 is 0 Å². The number of esters is 1. The molecule has 0 saturated carbocycles. The van der Waals surface area contributed by atoms with Gasteiger partial charge in [0.15, 0.2) is 0 Å². The fraction of sp³-hybridized carbons (Fsp3) is 0.250. The van der Waals surface area contributed by atoms with Gasteiger partial charge in [-0.3, -0.25) is 0 Å². The molecule has 0 aromatic heterocycles. The Kier molecular flexibility index (Phi) is 3.46. The number of methoxy groups -OCH3 is 1. The summed E-state index contributed by atoms with van der Waals surface area (Å²) in [7, 11) is 1.38. The fourth-order valence-corrected chi connectivity index (χ4v) is 1.13. The van der Waals surface area contributed by atoms with E-state index in [1.165, 1.54) is 12.7 Å². The first-order valence-electron chi connectivity index (χ1n) is 4.47. The Hall–Kier alpha value is -1.57. The summed E-state index contributed by atoms with van der Waals surface area (Å²) in [6, 6.07) is 7.97. The monoisotopic (exact) mass is 190 g/mol. The van der Waals surface area contributed by atoms with E-state index in [4.69, 9.17) is 0 Å². The maximum absolute atomic E-state index is 11.1. The van der Waals surface area contributed by atoms with Crippen LogP contribution in [0.3, 0.4) is 0 Å². The highest BCUT2D eigenvalue weighted by Gasteiger charge is 2.01. The van der Waals surface area contributed by atoms with Gasteiger partial charge in [0.05, 0.1) is 7.11 Å². The first kappa shape index (κ1) is 10.5. The molecule has 2 nitrogen and oxygen atoms in total. The van der Waals surface area contributed by atoms with E-state index in [9.17, 15) is 4.79 Å². The summed E-state index contributed by atoms with van der Waals surface area (Å²) in [5, 5.41) is 0. The van der Waals surface area contributed by atoms with Gasteiger partial charge in [0.2, 0.25) is 0 Å². The molecule has 0 spiro atoms. The summed E-state index contributed by atoms with van der Waals surface area (Å²) >= 11 is 0. The van der Waals surface area contributed by atoms with E-state index in [1.54, 1.807) is 6.92 Å². The third-order valence-corrected chi connectivity index (χ3v) is 1.97. The quantitative estimate of drug-likeness (QED) is 0.529. The molecular formula is C12H14O2. The fourth-order valence-electron chi connectivity index (χ4n) is 1.13. The number of carbonyl (C=O) groups excluding carboxylic acids is 1. The number of carbonyl (C=O) groups is 1. The van der Waals surface area contributed by atoms with Crippen molar-refractivity contribution in [1.82, 2.24) is 0 Å². The lowest BCUT2D eigenvalue weighted by Gasteiger charge is -1.99. The van der Waals surface area contributed by atoms with Crippen LogP contribution in [0.2, 0.25) is 0 Å². The van der Waals surface area contributed by atoms with Crippen LogP contribution in [0.1, 0.15) is 18.1 Å². The molecule has 74 valence electrons. The second-order valence-corrected chi connectivity index (χ2v) is 3.23. The van der Waals surface area contributed by atoms with Crippen molar-refractivity contribution >= 4 is 12.0 Å². The maximum atomic E-state index is 11.1. The summed E-state index contributed by atoms with van der Waals surface area (Å²) in [4.78, 5) is 11.1. The average Bonchev–Trinajstić information content (AvgIpc) is 2.20. The van der Waals surface area contributed by atoms with Gasteiger partial charge < -0.3 is 4.74 Å². The average molecular weight is 190 g/mol. The third kappa shape index (κ3) is 2.73. The van der Waals surface area contributed by atoms with Gasteiger partial charge >= 0.3 is 5.97 Å². The van der Waals surface area contributed by atoms with Crippen molar-refractivity contribution in [2.75, 3.05) is 7.11 Å². The Labute approximate surface area is 84.2 Å². The number of benzene rings is 1. The molecule has 0 aliphatic rings. The number of ether oxygens (including phenoxy) is 1. The number of aryl methyl sites for hydroxylation is 1. The van der Waals surface area contributed by atoms with Crippen LogP contribution in [-0.2, 0) is 9.53 Å². The summed E-state index contributed by atoms with van der Waals surface area (Å²) in [6.07, 6.45) is 1.81. The Balaban J connectivity index is 2.86. The largest absolute Gasteiger partial charge is 0.466 e. The highest BCUT2D eigenvalue weighted by atomic mass is 16.5. The molecule has 0 unspecified atom stereocenters. The van der Waals surface area contributed by atoms with Crippen molar-refractivity contribution in [1.29, 1.82) is 0 Å². The Morgan fingerprint density at radius 3 is 2.36 bits per heavy atom. The molecule has 0 radical (unpaired) electrons. The Morgan fingerprint density at radius 2 is 1.86 bits per heavy atom. The van der Waals surface area contributed by atoms with Crippen LogP contribution in [0, 0.1) is 6.92 Å². The molecule has 0 fully saturated rings. The predicted molar refractivity (Wildman–Crippen MR) is 56.8 cm³/mol. The summed E-state index contributed by atoms with van der Waals surface area (Å²) in [5.41, 5.74) is 2.83. The number of rotatable bonds is 2. The zero-order chi connectivity index (χ0) is 10.6. The van der Waals surface area contributed by atoms with Crippen LogP contribution in [0.25, 0.3) is 6.08 Å². The van der Waals surface area contributed by atoms with Crippen molar-refractivity contribution in [2.24, 2.45) is 0 Å². The Morgan fingerprint density at radius 1 is 1.29 bits per heavy atom. The topological polar surface area (TPSA) is 26.3 Å². The lowest BCUT2D eigenvalue weighted by atomic mass is 10.1. The van der Waals surface area contributed by atoms with Gasteiger partial charge in [-0.05, 0) is 25.5 Å². The second kappa shape index (κ2) is 4.61. The van der Waals surface area contributed by atoms with Gasteiger partial charge in [-0.15, -0.1) is 0 Å². The zero-order valence-corrected chi connectivity index (χ0v) is 8.70. The maximum Gasteiger partial charge on any atom is 0.333 e. The van der Waals surface area contributed by atoms with Crippen molar-refractivity contribution in [3.8, 4) is 0 Å². The standard InChI is InChI=1S/C12H14O2/c1-9-4-6-11(7-5-9)8-10(2)12(13)14-3/h4-8H,1-3H3. The molecule has 1 rings (SSSR count). The first-order chi connectivity index (χ1) is 6.63. The molecule has 0 amide bonds. The smallest absolute Gasteiger partial charge is 0.333 e. The Bertz CT molecular complexity index is 347. The molecule has 0 N–H and O–H groups in total. The lowest BCUT2D eigenvalue weighted by molar-refractivity contribution is -0.135. The molecular weight excluding hydrogens is 176 g/mol. The number of hydrogen-bond donors (Lipinski definition) is 0. The van der Waals surface area contributed by atoms with Gasteiger partial charge in [0.1, 0.15) is 0 Å². The van der Waals surface area contributed by atoms with Crippen molar-refractivity contribution in [3.63, 3.8) is 0 Å². The van der Waals surface area contributed by atoms with E-state index in [0.29, 0.717) is 5.57 Å². The molecule has 0 aliphatic heterocycles. The van der Waals surface area contributed by atoms with E-state index >= 15 is 0 Å². The normalized spacial score (nSPS) is 11.2. The summed E-state index contributed by atoms with van der Waals surface area (Å²) < 4.78 is 4.60. The molecule has 1 aromatic rings. The van der Waals surface area contributed by atoms with E-state index in [0.717, 1.165) is 5.56 Å². The highest BCUT2D eigenvalue weighted by Crippen LogP contribution is 2.08. The van der Waals surface area contributed by atoms with Crippen LogP contribution in [0.15, 0.2) is 29.8 Å². The van der Waals surface area contributed by atoms with E-state index in [1.807, 2.05) is 37.3 Å². The van der Waals surface area contributed by atoms with Crippen molar-refractivity contribution < 1.29 is 9.53 Å². The van der Waals surface area contributed by atoms with Crippen LogP contribution >= 0.6 is 0 Å². The lowest BCUT2D eigenvalue weighted by Crippen LogP contribution is -2.00. The molecule has 0 bridgehead atoms. The SMILES string of the molecule is COC(=O)C(C)=Cc1ccc(C)cc1. The van der Waals surface area contributed by atoms with Gasteiger partial charge in [-0.1, -0.05) is 29.8 Å². The third-order valence-electron chi connectivity index (χ3n) is 1.97. The zero-order valence-electron chi connectivity index (χ0n) is 8.70. The van der Waals surface area contributed by atoms with E-state index in [-0.39, 0.29) is 5.97 Å². The predicted octanol–water partition coefficient (Wildman–Crippen LogP) is 2.57. The summed E-state index contributed by atoms with van der Waals surface area (Å²) in [6.45, 7) is 3.77. The minimum atomic E-state index is -0.287. The number of hydrogen-bond acceptors (Lipinski definition) is 2. The molecule has 0 saturated heterocycles. The van der Waals surface area contributed by atoms with Crippen molar-refractivity contribution in [2.45, 2.75) is 13.8 Å². The van der Waals surface area contributed by atoms with Crippen LogP contribution in [-0.4, -0.2) is 13.1 Å². The molecule has 14 heavy (non-hydrogen) atoms. The molecule has 1 aromatic carbocycles. The van der Waals surface area contributed by atoms with Gasteiger partial charge in [-0.25, -0.2) is 4.79 Å². The van der Waals surface area contributed by atoms with Gasteiger partial charge in [-0.2, -0.15) is 0 Å². The minimum absolute atomic E-state index is 0.287. The molecule has 0 heterocycles. The van der Waals surface area contributed by atoms with E-state index in [2.05, 4.69) is 4.74 Å². The van der Waals surface area contributed by atoms with Crippen molar-refractivity contribution in [3.05, 3.63) is 41.0 Å². The first-order valence-corrected chi connectivity index (χ1v) is 4.47. The van der Waals surface area contributed by atoms with Crippen LogP contribution in [0.4, 0.5) is 0 Å². The molecule has 2 heteroatoms. The molecule has 0 aliphatic carbocycles. The van der Waals surface area contributed by atoms with Gasteiger partial charge in [0.25, 0.3) is 0 Å². The van der Waals surface area contributed by atoms with Gasteiger partial charge in [0, 0.05) is 5.57 Å². The highest BCUT2D eigenvalue weighted by molar-refractivity contribution is 5.92. The molecule has 0 atom stereocenters. The van der Waals surface area contributed by atoms with Crippen LogP contribution in [0.5, 0.6) is 0 Å².